The summed E-state index contributed by atoms with van der Waals surface area (Å²) in [5.74, 6) is 0.896. The maximum Gasteiger partial charge on any atom is 0.234 e. The predicted octanol–water partition coefficient (Wildman–Crippen LogP) is 7.05. The van der Waals surface area contributed by atoms with Crippen LogP contribution in [-0.4, -0.2) is 21.6 Å². The molecule has 5 aromatic rings. The number of carbonyl (C=O) groups excluding carboxylic acids is 1. The number of amides is 1. The zero-order valence-corrected chi connectivity index (χ0v) is 20.0. The largest absolute Gasteiger partial charge is 0.325 e. The first-order valence-electron chi connectivity index (χ1n) is 11.4. The zero-order valence-electron chi connectivity index (χ0n) is 19.2. The first-order valence-corrected chi connectivity index (χ1v) is 12.4. The van der Waals surface area contributed by atoms with Gasteiger partial charge in [0, 0.05) is 22.0 Å². The molecular weight excluding hydrogens is 438 g/mol. The Morgan fingerprint density at radius 3 is 2.47 bits per heavy atom. The third kappa shape index (κ3) is 4.39. The number of nitrogens with zero attached hydrogens (tertiary/aromatic N) is 2. The highest BCUT2D eigenvalue weighted by molar-refractivity contribution is 8.00. The van der Waals surface area contributed by atoms with E-state index in [1.54, 1.807) is 0 Å². The Kier molecular flexibility index (Phi) is 6.28. The zero-order chi connectivity index (χ0) is 23.5. The Morgan fingerprint density at radius 2 is 1.65 bits per heavy atom. The monoisotopic (exact) mass is 463 g/mol. The standard InChI is InChI=1S/C29H25N3OS/c1-3-20-14-9-10-19(2)26(20)30-25(33)18-34-29-24-17-16-21-11-7-8-15-23(21)27(24)31-28(32-29)22-12-5-4-6-13-22/h4-17H,3,18H2,1-2H3,(H,30,33). The van der Waals surface area contributed by atoms with Crippen molar-refractivity contribution in [3.05, 3.63) is 96.1 Å². The van der Waals surface area contributed by atoms with Gasteiger partial charge >= 0.3 is 0 Å². The van der Waals surface area contributed by atoms with E-state index >= 15 is 0 Å². The summed E-state index contributed by atoms with van der Waals surface area (Å²) in [6, 6.07) is 28.5. The van der Waals surface area contributed by atoms with E-state index in [1.165, 1.54) is 11.8 Å². The van der Waals surface area contributed by atoms with Crippen molar-refractivity contribution in [1.82, 2.24) is 9.97 Å². The summed E-state index contributed by atoms with van der Waals surface area (Å²) in [6.45, 7) is 4.12. The number of para-hydroxylation sites is 1. The second-order valence-electron chi connectivity index (χ2n) is 8.20. The van der Waals surface area contributed by atoms with Gasteiger partial charge in [0.25, 0.3) is 0 Å². The Labute approximate surface area is 203 Å². The summed E-state index contributed by atoms with van der Waals surface area (Å²) in [4.78, 5) is 22.8. The number of aromatic nitrogens is 2. The minimum Gasteiger partial charge on any atom is -0.325 e. The van der Waals surface area contributed by atoms with Crippen molar-refractivity contribution >= 4 is 45.0 Å². The number of benzene rings is 4. The van der Waals surface area contributed by atoms with Gasteiger partial charge in [-0.3, -0.25) is 4.79 Å². The van der Waals surface area contributed by atoms with Crippen molar-refractivity contribution in [3.8, 4) is 11.4 Å². The average Bonchev–Trinajstić information content (AvgIpc) is 2.88. The lowest BCUT2D eigenvalue weighted by molar-refractivity contribution is -0.113. The highest BCUT2D eigenvalue weighted by atomic mass is 32.2. The second-order valence-corrected chi connectivity index (χ2v) is 9.16. The summed E-state index contributed by atoms with van der Waals surface area (Å²) >= 11 is 1.45. The van der Waals surface area contributed by atoms with Crippen LogP contribution in [0.25, 0.3) is 33.1 Å². The molecule has 0 fully saturated rings. The fraction of sp³-hybridized carbons (Fsp3) is 0.138. The van der Waals surface area contributed by atoms with Gasteiger partial charge in [0.2, 0.25) is 5.91 Å². The highest BCUT2D eigenvalue weighted by Gasteiger charge is 2.15. The number of fused-ring (bicyclic) bond motifs is 3. The van der Waals surface area contributed by atoms with E-state index in [0.29, 0.717) is 5.82 Å². The number of rotatable bonds is 6. The van der Waals surface area contributed by atoms with Gasteiger partial charge in [-0.25, -0.2) is 9.97 Å². The molecule has 0 unspecified atom stereocenters. The molecular formula is C29H25N3OS. The number of hydrogen-bond acceptors (Lipinski definition) is 4. The molecule has 1 heterocycles. The fourth-order valence-electron chi connectivity index (χ4n) is 4.17. The van der Waals surface area contributed by atoms with E-state index in [2.05, 4.69) is 42.6 Å². The van der Waals surface area contributed by atoms with Gasteiger partial charge in [-0.2, -0.15) is 0 Å². The first-order chi connectivity index (χ1) is 16.6. The molecule has 1 aromatic heterocycles. The molecule has 0 saturated heterocycles. The molecule has 0 atom stereocenters. The van der Waals surface area contributed by atoms with Gasteiger partial charge in [0.05, 0.1) is 11.3 Å². The van der Waals surface area contributed by atoms with Crippen molar-refractivity contribution in [1.29, 1.82) is 0 Å². The van der Waals surface area contributed by atoms with Crippen LogP contribution < -0.4 is 5.32 Å². The minimum absolute atomic E-state index is 0.0391. The lowest BCUT2D eigenvalue weighted by Gasteiger charge is -2.13. The van der Waals surface area contributed by atoms with Crippen molar-refractivity contribution in [3.63, 3.8) is 0 Å². The lowest BCUT2D eigenvalue weighted by Crippen LogP contribution is -2.16. The number of anilines is 1. The molecule has 0 radical (unpaired) electrons. The van der Waals surface area contributed by atoms with Crippen molar-refractivity contribution in [2.75, 3.05) is 11.1 Å². The topological polar surface area (TPSA) is 54.9 Å². The maximum atomic E-state index is 12.9. The van der Waals surface area contributed by atoms with Gasteiger partial charge < -0.3 is 5.32 Å². The molecule has 0 aliphatic carbocycles. The average molecular weight is 464 g/mol. The van der Waals surface area contributed by atoms with Crippen LogP contribution in [0.3, 0.4) is 0 Å². The van der Waals surface area contributed by atoms with Crippen LogP contribution in [0.1, 0.15) is 18.1 Å². The number of aryl methyl sites for hydroxylation is 2. The van der Waals surface area contributed by atoms with Crippen LogP contribution in [0.15, 0.2) is 90.0 Å². The molecule has 0 aliphatic heterocycles. The Bertz CT molecular complexity index is 1500. The fourth-order valence-corrected chi connectivity index (χ4v) is 4.98. The van der Waals surface area contributed by atoms with Crippen LogP contribution in [0, 0.1) is 6.92 Å². The number of hydrogen-bond donors (Lipinski definition) is 1. The second kappa shape index (κ2) is 9.65. The molecule has 1 N–H and O–H groups in total. The van der Waals surface area contributed by atoms with Gasteiger partial charge in [0.1, 0.15) is 5.03 Å². The van der Waals surface area contributed by atoms with Gasteiger partial charge in [-0.15, -0.1) is 0 Å². The van der Waals surface area contributed by atoms with Crippen LogP contribution in [-0.2, 0) is 11.2 Å². The summed E-state index contributed by atoms with van der Waals surface area (Å²) < 4.78 is 0. The molecule has 5 heteroatoms. The summed E-state index contributed by atoms with van der Waals surface area (Å²) in [7, 11) is 0. The Morgan fingerprint density at radius 1 is 0.853 bits per heavy atom. The van der Waals surface area contributed by atoms with Crippen LogP contribution in [0.4, 0.5) is 5.69 Å². The summed E-state index contributed by atoms with van der Waals surface area (Å²) in [5.41, 5.74) is 4.99. The molecule has 1 amide bonds. The van der Waals surface area contributed by atoms with E-state index in [9.17, 15) is 4.79 Å². The van der Waals surface area contributed by atoms with Gasteiger partial charge in [-0.1, -0.05) is 97.5 Å². The molecule has 0 bridgehead atoms. The molecule has 4 nitrogen and oxygen atoms in total. The molecule has 0 aliphatic rings. The predicted molar refractivity (Wildman–Crippen MR) is 142 cm³/mol. The maximum absolute atomic E-state index is 12.9. The molecule has 5 rings (SSSR count). The van der Waals surface area contributed by atoms with E-state index in [0.717, 1.165) is 55.5 Å². The SMILES string of the molecule is CCc1cccc(C)c1NC(=O)CSc1nc(-c2ccccc2)nc2c1ccc1ccccc12. The Balaban J connectivity index is 1.51. The smallest absolute Gasteiger partial charge is 0.234 e. The molecule has 34 heavy (non-hydrogen) atoms. The number of thioether (sulfide) groups is 1. The van der Waals surface area contributed by atoms with Gasteiger partial charge in [0.15, 0.2) is 5.82 Å². The van der Waals surface area contributed by atoms with E-state index in [-0.39, 0.29) is 11.7 Å². The minimum atomic E-state index is -0.0391. The van der Waals surface area contributed by atoms with Crippen molar-refractivity contribution in [2.24, 2.45) is 0 Å². The molecule has 0 saturated carbocycles. The van der Waals surface area contributed by atoms with Crippen LogP contribution in [0.5, 0.6) is 0 Å². The van der Waals surface area contributed by atoms with E-state index in [4.69, 9.17) is 9.97 Å². The molecule has 0 spiro atoms. The van der Waals surface area contributed by atoms with Crippen LogP contribution in [0.2, 0.25) is 0 Å². The number of nitrogens with one attached hydrogen (secondary N) is 1. The lowest BCUT2D eigenvalue weighted by atomic mass is 10.1. The highest BCUT2D eigenvalue weighted by Crippen LogP contribution is 2.33. The van der Waals surface area contributed by atoms with E-state index < -0.39 is 0 Å². The number of carbonyl (C=O) groups is 1. The first kappa shape index (κ1) is 22.1. The normalized spacial score (nSPS) is 11.1. The quantitative estimate of drug-likeness (QED) is 0.166. The van der Waals surface area contributed by atoms with Crippen molar-refractivity contribution in [2.45, 2.75) is 25.3 Å². The van der Waals surface area contributed by atoms with Crippen molar-refractivity contribution < 1.29 is 4.79 Å². The molecule has 168 valence electrons. The van der Waals surface area contributed by atoms with Crippen LogP contribution >= 0.6 is 11.8 Å². The van der Waals surface area contributed by atoms with Gasteiger partial charge in [-0.05, 0) is 35.9 Å². The molecule has 4 aromatic carbocycles. The third-order valence-corrected chi connectivity index (χ3v) is 6.92. The van der Waals surface area contributed by atoms with E-state index in [1.807, 2.05) is 61.5 Å². The summed E-state index contributed by atoms with van der Waals surface area (Å²) in [5, 5.41) is 7.11. The Hall–Kier alpha value is -3.70. The summed E-state index contributed by atoms with van der Waals surface area (Å²) in [6.07, 6.45) is 0.870. The third-order valence-electron chi connectivity index (χ3n) is 5.93.